The summed E-state index contributed by atoms with van der Waals surface area (Å²) in [6.45, 7) is 5.89. The predicted molar refractivity (Wildman–Crippen MR) is 47.5 cm³/mol. The van der Waals surface area contributed by atoms with Crippen LogP contribution in [0.5, 0.6) is 0 Å². The van der Waals surface area contributed by atoms with Crippen molar-refractivity contribution in [3.8, 4) is 0 Å². The second kappa shape index (κ2) is 4.66. The van der Waals surface area contributed by atoms with Crippen LogP contribution in [0.3, 0.4) is 0 Å². The molecular formula is C7H17NOSi. The number of hydrogen-bond donors (Lipinski definition) is 0. The minimum absolute atomic E-state index is 0.354. The van der Waals surface area contributed by atoms with Crippen molar-refractivity contribution in [3.63, 3.8) is 0 Å². The highest BCUT2D eigenvalue weighted by atomic mass is 28.3. The molecule has 0 aliphatic rings. The van der Waals surface area contributed by atoms with Gasteiger partial charge in [-0.3, -0.25) is 0 Å². The van der Waals surface area contributed by atoms with Crippen molar-refractivity contribution in [3.05, 3.63) is 12.3 Å². The molecule has 60 valence electrons. The van der Waals surface area contributed by atoms with Crippen LogP contribution in [0.4, 0.5) is 0 Å². The molecule has 0 N–H and O–H groups in total. The van der Waals surface area contributed by atoms with E-state index in [1.807, 2.05) is 5.70 Å². The molecule has 2 nitrogen and oxygen atoms in total. The summed E-state index contributed by atoms with van der Waals surface area (Å²) < 4.78 is 7.44. The van der Waals surface area contributed by atoms with Crippen LogP contribution in [0.1, 0.15) is 6.92 Å². The number of hydrogen-bond acceptors (Lipinski definition) is 2. The summed E-state index contributed by atoms with van der Waals surface area (Å²) in [5.74, 6) is 0. The highest BCUT2D eigenvalue weighted by Crippen LogP contribution is 1.98. The smallest absolute Gasteiger partial charge is 0.165 e. The van der Waals surface area contributed by atoms with Crippen molar-refractivity contribution in [2.24, 2.45) is 0 Å². The number of methoxy groups -OCH3 is 1. The van der Waals surface area contributed by atoms with Crippen LogP contribution >= 0.6 is 0 Å². The van der Waals surface area contributed by atoms with Gasteiger partial charge in [-0.05, 0) is 21.0 Å². The molecule has 2 unspecified atom stereocenters. The molecule has 0 saturated heterocycles. The van der Waals surface area contributed by atoms with E-state index in [1.54, 1.807) is 7.11 Å². The Labute approximate surface area is 65.2 Å². The fourth-order valence-corrected chi connectivity index (χ4v) is 2.89. The molecule has 0 saturated carbocycles. The summed E-state index contributed by atoms with van der Waals surface area (Å²) in [7, 11) is 4.90. The molecule has 0 spiro atoms. The minimum Gasteiger partial charge on any atom is -0.383 e. The highest BCUT2D eigenvalue weighted by molar-refractivity contribution is 6.62. The van der Waals surface area contributed by atoms with E-state index >= 15 is 0 Å². The van der Waals surface area contributed by atoms with Crippen LogP contribution in [-0.2, 0) is 4.74 Å². The van der Waals surface area contributed by atoms with Crippen molar-refractivity contribution in [1.82, 2.24) is 4.57 Å². The topological polar surface area (TPSA) is 12.5 Å². The molecular weight excluding hydrogens is 142 g/mol. The zero-order valence-corrected chi connectivity index (χ0v) is 8.45. The zero-order chi connectivity index (χ0) is 8.15. The Kier molecular flexibility index (Phi) is 4.60. The second-order valence-corrected chi connectivity index (χ2v) is 6.05. The lowest BCUT2D eigenvalue weighted by Gasteiger charge is -2.23. The Balaban J connectivity index is 3.92. The number of rotatable bonds is 4. The summed E-state index contributed by atoms with van der Waals surface area (Å²) in [5, 5.41) is 0. The van der Waals surface area contributed by atoms with E-state index < -0.39 is 8.96 Å². The van der Waals surface area contributed by atoms with Crippen molar-refractivity contribution >= 4 is 8.96 Å². The van der Waals surface area contributed by atoms with Crippen LogP contribution in [0, 0.1) is 0 Å². The molecule has 0 aliphatic carbocycles. The monoisotopic (exact) mass is 159 g/mol. The fraction of sp³-hybridized carbons (Fsp3) is 0.714. The molecule has 0 aromatic rings. The summed E-state index contributed by atoms with van der Waals surface area (Å²) in [4.78, 5) is 0. The van der Waals surface area contributed by atoms with Gasteiger partial charge in [0.15, 0.2) is 8.96 Å². The Morgan fingerprint density at radius 1 is 1.60 bits per heavy atom. The Bertz CT molecular complexity index is 106. The molecule has 0 aliphatic heterocycles. The van der Waals surface area contributed by atoms with Gasteiger partial charge in [0.25, 0.3) is 0 Å². The Morgan fingerprint density at radius 2 is 2.10 bits per heavy atom. The van der Waals surface area contributed by atoms with E-state index in [1.165, 1.54) is 0 Å². The standard InChI is InChI=1S/C7H17NOSi/c1-6-10(8(3)4)7(2)9-5/h6-7,10H,1H2,2-5H3. The number of nitrogens with zero attached hydrogens (tertiary/aromatic N) is 1. The summed E-state index contributed by atoms with van der Waals surface area (Å²) in [5.41, 5.74) is 2.39. The van der Waals surface area contributed by atoms with E-state index in [0.717, 1.165) is 0 Å². The van der Waals surface area contributed by atoms with Crippen molar-refractivity contribution in [1.29, 1.82) is 0 Å². The van der Waals surface area contributed by atoms with Crippen molar-refractivity contribution < 1.29 is 4.74 Å². The van der Waals surface area contributed by atoms with Crippen LogP contribution in [0.25, 0.3) is 0 Å². The van der Waals surface area contributed by atoms with Gasteiger partial charge in [0.2, 0.25) is 0 Å². The molecule has 0 radical (unpaired) electrons. The van der Waals surface area contributed by atoms with Crippen LogP contribution in [0.15, 0.2) is 12.3 Å². The van der Waals surface area contributed by atoms with E-state index in [-0.39, 0.29) is 0 Å². The molecule has 0 heterocycles. The van der Waals surface area contributed by atoms with Gasteiger partial charge in [-0.2, -0.15) is 0 Å². The number of ether oxygens (including phenoxy) is 1. The van der Waals surface area contributed by atoms with Crippen molar-refractivity contribution in [2.75, 3.05) is 21.2 Å². The normalized spacial score (nSPS) is 16.9. The van der Waals surface area contributed by atoms with Crippen molar-refractivity contribution in [2.45, 2.75) is 12.7 Å². The second-order valence-electron chi connectivity index (χ2n) is 2.63. The van der Waals surface area contributed by atoms with Crippen LogP contribution < -0.4 is 0 Å². The van der Waals surface area contributed by atoms with Crippen LogP contribution in [0.2, 0.25) is 0 Å². The Morgan fingerprint density at radius 3 is 2.20 bits per heavy atom. The average Bonchev–Trinajstić information content (AvgIpc) is 1.88. The van der Waals surface area contributed by atoms with Gasteiger partial charge < -0.3 is 9.30 Å². The first-order chi connectivity index (χ1) is 4.63. The first-order valence-corrected chi connectivity index (χ1v) is 5.30. The quantitative estimate of drug-likeness (QED) is 0.556. The first-order valence-electron chi connectivity index (χ1n) is 3.45. The van der Waals surface area contributed by atoms with E-state index in [9.17, 15) is 0 Å². The highest BCUT2D eigenvalue weighted by Gasteiger charge is 2.16. The summed E-state index contributed by atoms with van der Waals surface area (Å²) in [6.07, 6.45) is 0. The average molecular weight is 159 g/mol. The zero-order valence-electron chi connectivity index (χ0n) is 7.29. The molecule has 0 rings (SSSR count). The third-order valence-electron chi connectivity index (χ3n) is 1.69. The largest absolute Gasteiger partial charge is 0.383 e. The van der Waals surface area contributed by atoms with Gasteiger partial charge in [-0.25, -0.2) is 0 Å². The minimum atomic E-state index is -1.01. The maximum Gasteiger partial charge on any atom is 0.165 e. The molecule has 0 amide bonds. The molecule has 2 atom stereocenters. The van der Waals surface area contributed by atoms with Gasteiger partial charge in [-0.15, -0.1) is 6.58 Å². The molecule has 10 heavy (non-hydrogen) atoms. The summed E-state index contributed by atoms with van der Waals surface area (Å²) in [6, 6.07) is 0. The van der Waals surface area contributed by atoms with Crippen LogP contribution in [-0.4, -0.2) is 40.5 Å². The van der Waals surface area contributed by atoms with Gasteiger partial charge in [0.1, 0.15) is 0 Å². The molecule has 0 bridgehead atoms. The fourth-order valence-electron chi connectivity index (χ4n) is 0.962. The lowest BCUT2D eigenvalue weighted by Crippen LogP contribution is -2.41. The van der Waals surface area contributed by atoms with E-state index in [2.05, 4.69) is 32.2 Å². The first kappa shape index (κ1) is 9.88. The van der Waals surface area contributed by atoms with E-state index in [0.29, 0.717) is 5.73 Å². The van der Waals surface area contributed by atoms with Gasteiger partial charge >= 0.3 is 0 Å². The Hall–Kier alpha value is -0.123. The third kappa shape index (κ3) is 2.64. The van der Waals surface area contributed by atoms with Gasteiger partial charge in [0.05, 0.1) is 5.73 Å². The maximum atomic E-state index is 5.21. The lowest BCUT2D eigenvalue weighted by atomic mass is 10.9. The van der Waals surface area contributed by atoms with E-state index in [4.69, 9.17) is 4.74 Å². The molecule has 3 heteroatoms. The van der Waals surface area contributed by atoms with Gasteiger partial charge in [0, 0.05) is 7.11 Å². The molecule has 0 aromatic heterocycles. The summed E-state index contributed by atoms with van der Waals surface area (Å²) >= 11 is 0. The van der Waals surface area contributed by atoms with Gasteiger partial charge in [-0.1, -0.05) is 5.70 Å². The lowest BCUT2D eigenvalue weighted by molar-refractivity contribution is 0.170. The SMILES string of the molecule is C=C[SiH](C(C)OC)N(C)C. The maximum absolute atomic E-state index is 5.21. The molecule has 0 fully saturated rings. The molecule has 0 aromatic carbocycles. The predicted octanol–water partition coefficient (Wildman–Crippen LogP) is 0.571. The third-order valence-corrected chi connectivity index (χ3v) is 4.60.